The third-order valence-electron chi connectivity index (χ3n) is 5.93. The lowest BCUT2D eigenvalue weighted by atomic mass is 10.0. The number of carbonyl (C=O) groups excluding carboxylic acids is 1. The zero-order chi connectivity index (χ0) is 22.5. The fourth-order valence-electron chi connectivity index (χ4n) is 3.98. The van der Waals surface area contributed by atoms with Gasteiger partial charge in [-0.25, -0.2) is 4.39 Å². The SMILES string of the molecule is Cc1noc(C)c1CSc1ccccc1C(=O)NC1CCN(Cc2ccc(F)cc2)CC1. The van der Waals surface area contributed by atoms with Crippen molar-refractivity contribution >= 4 is 17.7 Å². The molecule has 0 spiro atoms. The third-order valence-corrected chi connectivity index (χ3v) is 7.03. The first-order valence-electron chi connectivity index (χ1n) is 10.9. The van der Waals surface area contributed by atoms with Crippen LogP contribution in [0.5, 0.6) is 0 Å². The van der Waals surface area contributed by atoms with Gasteiger partial charge in [-0.15, -0.1) is 11.8 Å². The number of hydrogen-bond acceptors (Lipinski definition) is 5. The molecular formula is C25H28FN3O2S. The van der Waals surface area contributed by atoms with Crippen LogP contribution in [0, 0.1) is 19.7 Å². The molecule has 32 heavy (non-hydrogen) atoms. The summed E-state index contributed by atoms with van der Waals surface area (Å²) in [5.41, 5.74) is 3.79. The van der Waals surface area contributed by atoms with Gasteiger partial charge < -0.3 is 9.84 Å². The van der Waals surface area contributed by atoms with E-state index >= 15 is 0 Å². The van der Waals surface area contributed by atoms with E-state index in [1.807, 2.05) is 50.2 Å². The van der Waals surface area contributed by atoms with E-state index in [0.717, 1.165) is 60.0 Å². The molecule has 2 heterocycles. The monoisotopic (exact) mass is 453 g/mol. The average molecular weight is 454 g/mol. The van der Waals surface area contributed by atoms with E-state index in [1.165, 1.54) is 12.1 Å². The number of carbonyl (C=O) groups is 1. The van der Waals surface area contributed by atoms with Gasteiger partial charge in [-0.1, -0.05) is 29.4 Å². The number of aromatic nitrogens is 1. The zero-order valence-electron chi connectivity index (χ0n) is 18.4. The third kappa shape index (κ3) is 5.58. The Kier molecular flexibility index (Phi) is 7.27. The van der Waals surface area contributed by atoms with Crippen LogP contribution in [-0.2, 0) is 12.3 Å². The molecule has 3 aromatic rings. The van der Waals surface area contributed by atoms with Crippen LogP contribution in [0.1, 0.15) is 45.8 Å². The number of nitrogens with zero attached hydrogens (tertiary/aromatic N) is 2. The molecule has 1 fully saturated rings. The standard InChI is InChI=1S/C25H28FN3O2S/c1-17-23(18(2)31-28-17)16-32-24-6-4-3-5-22(24)25(30)27-21-11-13-29(14-12-21)15-19-7-9-20(26)10-8-19/h3-10,21H,11-16H2,1-2H3,(H,27,30). The summed E-state index contributed by atoms with van der Waals surface area (Å²) in [5.74, 6) is 1.31. The van der Waals surface area contributed by atoms with Gasteiger partial charge in [0.1, 0.15) is 11.6 Å². The van der Waals surface area contributed by atoms with Crippen molar-refractivity contribution in [3.8, 4) is 0 Å². The van der Waals surface area contributed by atoms with Crippen LogP contribution in [-0.4, -0.2) is 35.1 Å². The van der Waals surface area contributed by atoms with Gasteiger partial charge in [0.15, 0.2) is 0 Å². The predicted molar refractivity (Wildman–Crippen MR) is 124 cm³/mol. The lowest BCUT2D eigenvalue weighted by Gasteiger charge is -2.32. The van der Waals surface area contributed by atoms with Gasteiger partial charge in [0.2, 0.25) is 0 Å². The minimum atomic E-state index is -0.208. The highest BCUT2D eigenvalue weighted by molar-refractivity contribution is 7.98. The zero-order valence-corrected chi connectivity index (χ0v) is 19.3. The van der Waals surface area contributed by atoms with Gasteiger partial charge >= 0.3 is 0 Å². The number of thioether (sulfide) groups is 1. The minimum absolute atomic E-state index is 0.0242. The van der Waals surface area contributed by atoms with E-state index in [0.29, 0.717) is 11.3 Å². The Morgan fingerprint density at radius 2 is 1.88 bits per heavy atom. The second kappa shape index (κ2) is 10.3. The maximum atomic E-state index is 13.1. The first kappa shape index (κ1) is 22.6. The Hall–Kier alpha value is -2.64. The summed E-state index contributed by atoms with van der Waals surface area (Å²) in [5, 5.41) is 7.24. The highest BCUT2D eigenvalue weighted by atomic mass is 32.2. The Morgan fingerprint density at radius 3 is 2.56 bits per heavy atom. The number of hydrogen-bond donors (Lipinski definition) is 1. The number of aryl methyl sites for hydroxylation is 2. The number of benzene rings is 2. The normalized spacial score (nSPS) is 15.1. The minimum Gasteiger partial charge on any atom is -0.361 e. The van der Waals surface area contributed by atoms with E-state index in [-0.39, 0.29) is 17.8 Å². The summed E-state index contributed by atoms with van der Waals surface area (Å²) in [7, 11) is 0. The number of piperidine rings is 1. The van der Waals surface area contributed by atoms with Gasteiger partial charge in [-0.05, 0) is 56.5 Å². The Balaban J connectivity index is 1.31. The van der Waals surface area contributed by atoms with Crippen LogP contribution in [0.15, 0.2) is 57.9 Å². The van der Waals surface area contributed by atoms with Crippen LogP contribution in [0.25, 0.3) is 0 Å². The van der Waals surface area contributed by atoms with Crippen LogP contribution in [0.2, 0.25) is 0 Å². The smallest absolute Gasteiger partial charge is 0.252 e. The highest BCUT2D eigenvalue weighted by Gasteiger charge is 2.22. The van der Waals surface area contributed by atoms with E-state index in [4.69, 9.17) is 4.52 Å². The van der Waals surface area contributed by atoms with Crippen molar-refractivity contribution < 1.29 is 13.7 Å². The van der Waals surface area contributed by atoms with Gasteiger partial charge in [0, 0.05) is 41.9 Å². The fourth-order valence-corrected chi connectivity index (χ4v) is 5.19. The summed E-state index contributed by atoms with van der Waals surface area (Å²) in [6, 6.07) is 14.6. The molecule has 1 saturated heterocycles. The van der Waals surface area contributed by atoms with E-state index in [9.17, 15) is 9.18 Å². The largest absolute Gasteiger partial charge is 0.361 e. The lowest BCUT2D eigenvalue weighted by Crippen LogP contribution is -2.44. The molecule has 168 valence electrons. The average Bonchev–Trinajstić information content (AvgIpc) is 3.12. The van der Waals surface area contributed by atoms with Crippen LogP contribution in [0.4, 0.5) is 4.39 Å². The topological polar surface area (TPSA) is 58.4 Å². The molecule has 0 saturated carbocycles. The molecule has 1 amide bonds. The quantitative estimate of drug-likeness (QED) is 0.504. The van der Waals surface area contributed by atoms with Crippen molar-refractivity contribution in [1.29, 1.82) is 0 Å². The second-order valence-electron chi connectivity index (χ2n) is 8.24. The van der Waals surface area contributed by atoms with E-state index < -0.39 is 0 Å². The second-order valence-corrected chi connectivity index (χ2v) is 9.26. The van der Waals surface area contributed by atoms with Crippen LogP contribution < -0.4 is 5.32 Å². The van der Waals surface area contributed by atoms with Gasteiger partial charge in [-0.3, -0.25) is 9.69 Å². The summed E-state index contributed by atoms with van der Waals surface area (Å²) in [6.45, 7) is 6.47. The van der Waals surface area contributed by atoms with Crippen LogP contribution in [0.3, 0.4) is 0 Å². The Labute approximate surface area is 192 Å². The molecule has 1 aliphatic rings. The summed E-state index contributed by atoms with van der Waals surface area (Å²) >= 11 is 1.63. The molecule has 1 N–H and O–H groups in total. The van der Waals surface area contributed by atoms with Gasteiger partial charge in [-0.2, -0.15) is 0 Å². The van der Waals surface area contributed by atoms with Crippen molar-refractivity contribution in [3.63, 3.8) is 0 Å². The van der Waals surface area contributed by atoms with Crippen molar-refractivity contribution in [3.05, 3.63) is 82.5 Å². The van der Waals surface area contributed by atoms with E-state index in [1.54, 1.807) is 11.8 Å². The Morgan fingerprint density at radius 1 is 1.16 bits per heavy atom. The van der Waals surface area contributed by atoms with Crippen molar-refractivity contribution in [2.24, 2.45) is 0 Å². The molecule has 0 aliphatic carbocycles. The fraction of sp³-hybridized carbons (Fsp3) is 0.360. The molecule has 1 aromatic heterocycles. The van der Waals surface area contributed by atoms with Crippen LogP contribution >= 0.6 is 11.8 Å². The molecule has 2 aromatic carbocycles. The maximum absolute atomic E-state index is 13.1. The van der Waals surface area contributed by atoms with Crippen molar-refractivity contribution in [2.45, 2.75) is 49.9 Å². The molecule has 4 rings (SSSR count). The number of likely N-dealkylation sites (tertiary alicyclic amines) is 1. The molecule has 0 atom stereocenters. The number of nitrogens with one attached hydrogen (secondary N) is 1. The molecular weight excluding hydrogens is 425 g/mol. The lowest BCUT2D eigenvalue weighted by molar-refractivity contribution is 0.0906. The van der Waals surface area contributed by atoms with Gasteiger partial charge in [0.25, 0.3) is 5.91 Å². The van der Waals surface area contributed by atoms with Crippen molar-refractivity contribution in [2.75, 3.05) is 13.1 Å². The summed E-state index contributed by atoms with van der Waals surface area (Å²) in [4.78, 5) is 16.3. The number of halogens is 1. The molecule has 7 heteroatoms. The molecule has 0 bridgehead atoms. The summed E-state index contributed by atoms with van der Waals surface area (Å²) in [6.07, 6.45) is 1.81. The number of rotatable bonds is 7. The Bertz CT molecular complexity index is 1040. The first-order valence-corrected chi connectivity index (χ1v) is 11.9. The highest BCUT2D eigenvalue weighted by Crippen LogP contribution is 2.29. The predicted octanol–water partition coefficient (Wildman–Crippen LogP) is 5.12. The molecule has 5 nitrogen and oxygen atoms in total. The van der Waals surface area contributed by atoms with Gasteiger partial charge in [0.05, 0.1) is 11.3 Å². The first-order chi connectivity index (χ1) is 15.5. The van der Waals surface area contributed by atoms with Crippen molar-refractivity contribution in [1.82, 2.24) is 15.4 Å². The molecule has 0 unspecified atom stereocenters. The maximum Gasteiger partial charge on any atom is 0.252 e. The molecule has 0 radical (unpaired) electrons. The molecule has 1 aliphatic heterocycles. The van der Waals surface area contributed by atoms with E-state index in [2.05, 4.69) is 15.4 Å². The summed E-state index contributed by atoms with van der Waals surface area (Å²) < 4.78 is 18.3. The number of amides is 1.